The maximum Gasteiger partial charge on any atom is 0.0292 e. The molecule has 0 saturated carbocycles. The van der Waals surface area contributed by atoms with Crippen LogP contribution < -0.4 is 5.73 Å². The average molecular weight is 275 g/mol. The van der Waals surface area contributed by atoms with Gasteiger partial charge in [0.05, 0.1) is 0 Å². The molecule has 0 spiro atoms. The average Bonchev–Trinajstić information content (AvgIpc) is 2.08. The minimum atomic E-state index is 0.194. The molecule has 0 aliphatic carbocycles. The minimum absolute atomic E-state index is 0.194. The van der Waals surface area contributed by atoms with E-state index >= 15 is 0 Å². The van der Waals surface area contributed by atoms with Crippen molar-refractivity contribution in [1.29, 1.82) is 0 Å². The first-order chi connectivity index (χ1) is 5.65. The molecule has 0 saturated heterocycles. The van der Waals surface area contributed by atoms with Crippen LogP contribution in [0.3, 0.4) is 0 Å². The number of rotatable bonds is 2. The van der Waals surface area contributed by atoms with E-state index in [1.807, 2.05) is 0 Å². The number of nitrogens with two attached hydrogens (primary N) is 1. The minimum Gasteiger partial charge on any atom is -0.324 e. The molecule has 0 heterocycles. The molecule has 1 rings (SSSR count). The fraction of sp³-hybridized carbons (Fsp3) is 0.400. The van der Waals surface area contributed by atoms with E-state index in [0.717, 1.165) is 6.42 Å². The van der Waals surface area contributed by atoms with E-state index in [2.05, 4.69) is 54.6 Å². The molecule has 0 bridgehead atoms. The summed E-state index contributed by atoms with van der Waals surface area (Å²) in [6.45, 7) is 4.22. The first kappa shape index (κ1) is 9.99. The Bertz CT molecular complexity index is 271. The lowest BCUT2D eigenvalue weighted by Gasteiger charge is -2.10. The normalized spacial score (nSPS) is 13.0. The first-order valence-electron chi connectivity index (χ1n) is 4.16. The van der Waals surface area contributed by atoms with E-state index in [1.54, 1.807) is 0 Å². The molecule has 0 unspecified atom stereocenters. The molecule has 0 fully saturated rings. The number of hydrogen-bond acceptors (Lipinski definition) is 1. The van der Waals surface area contributed by atoms with Gasteiger partial charge in [-0.05, 0) is 53.1 Å². The molecular weight excluding hydrogens is 261 g/mol. The second-order valence-corrected chi connectivity index (χ2v) is 4.19. The fourth-order valence-electron chi connectivity index (χ4n) is 1.08. The van der Waals surface area contributed by atoms with Crippen molar-refractivity contribution in [2.24, 2.45) is 5.73 Å². The quantitative estimate of drug-likeness (QED) is 0.825. The van der Waals surface area contributed by atoms with E-state index in [1.165, 1.54) is 14.7 Å². The van der Waals surface area contributed by atoms with Gasteiger partial charge in [-0.25, -0.2) is 0 Å². The second-order valence-electron chi connectivity index (χ2n) is 3.02. The van der Waals surface area contributed by atoms with Crippen LogP contribution in [0.1, 0.15) is 30.5 Å². The summed E-state index contributed by atoms with van der Waals surface area (Å²) in [5.74, 6) is 0. The van der Waals surface area contributed by atoms with Crippen molar-refractivity contribution in [3.8, 4) is 0 Å². The van der Waals surface area contributed by atoms with Crippen molar-refractivity contribution in [3.63, 3.8) is 0 Å². The van der Waals surface area contributed by atoms with Gasteiger partial charge in [-0.3, -0.25) is 0 Å². The van der Waals surface area contributed by atoms with Crippen molar-refractivity contribution in [1.82, 2.24) is 0 Å². The number of hydrogen-bond donors (Lipinski definition) is 1. The summed E-state index contributed by atoms with van der Waals surface area (Å²) in [4.78, 5) is 0. The van der Waals surface area contributed by atoms with Crippen molar-refractivity contribution in [2.45, 2.75) is 26.3 Å². The molecule has 66 valence electrons. The Hall–Kier alpha value is -0.0900. The fourth-order valence-corrected chi connectivity index (χ4v) is 1.61. The van der Waals surface area contributed by atoms with Crippen molar-refractivity contribution in [2.75, 3.05) is 0 Å². The smallest absolute Gasteiger partial charge is 0.0292 e. The highest BCUT2D eigenvalue weighted by Gasteiger charge is 2.03. The molecular formula is C10H14IN. The predicted molar refractivity (Wildman–Crippen MR) is 61.1 cm³/mol. The number of aryl methyl sites for hydroxylation is 1. The summed E-state index contributed by atoms with van der Waals surface area (Å²) in [6.07, 6.45) is 0.999. The summed E-state index contributed by atoms with van der Waals surface area (Å²) in [5.41, 5.74) is 8.47. The Morgan fingerprint density at radius 3 is 2.67 bits per heavy atom. The van der Waals surface area contributed by atoms with Crippen LogP contribution in [-0.4, -0.2) is 0 Å². The Balaban J connectivity index is 2.96. The Morgan fingerprint density at radius 1 is 1.50 bits per heavy atom. The summed E-state index contributed by atoms with van der Waals surface area (Å²) in [7, 11) is 0. The zero-order chi connectivity index (χ0) is 9.14. The molecule has 1 aromatic rings. The molecule has 1 atom stereocenters. The van der Waals surface area contributed by atoms with Crippen LogP contribution in [0.15, 0.2) is 18.2 Å². The van der Waals surface area contributed by atoms with Crippen LogP contribution in [0.4, 0.5) is 0 Å². The van der Waals surface area contributed by atoms with Crippen molar-refractivity contribution < 1.29 is 0 Å². The van der Waals surface area contributed by atoms with Gasteiger partial charge in [0.2, 0.25) is 0 Å². The van der Waals surface area contributed by atoms with Gasteiger partial charge >= 0.3 is 0 Å². The standard InChI is InChI=1S/C10H14IN/c1-3-10(12)8-5-4-7(2)9(11)6-8/h4-6,10H,3,12H2,1-2H3/t10-/m1/s1. The first-order valence-corrected chi connectivity index (χ1v) is 5.24. The van der Waals surface area contributed by atoms with Gasteiger partial charge < -0.3 is 5.73 Å². The highest BCUT2D eigenvalue weighted by molar-refractivity contribution is 14.1. The Morgan fingerprint density at radius 2 is 2.17 bits per heavy atom. The zero-order valence-electron chi connectivity index (χ0n) is 7.47. The van der Waals surface area contributed by atoms with Crippen molar-refractivity contribution in [3.05, 3.63) is 32.9 Å². The lowest BCUT2D eigenvalue weighted by Crippen LogP contribution is -2.08. The largest absolute Gasteiger partial charge is 0.324 e. The predicted octanol–water partition coefficient (Wildman–Crippen LogP) is 3.01. The highest BCUT2D eigenvalue weighted by atomic mass is 127. The zero-order valence-corrected chi connectivity index (χ0v) is 9.63. The van der Waals surface area contributed by atoms with Gasteiger partial charge in [0.25, 0.3) is 0 Å². The maximum absolute atomic E-state index is 5.91. The summed E-state index contributed by atoms with van der Waals surface area (Å²) >= 11 is 2.34. The van der Waals surface area contributed by atoms with Gasteiger partial charge in [0, 0.05) is 9.61 Å². The molecule has 1 aromatic carbocycles. The third-order valence-corrected chi connectivity index (χ3v) is 3.23. The van der Waals surface area contributed by atoms with E-state index in [9.17, 15) is 0 Å². The van der Waals surface area contributed by atoms with E-state index in [4.69, 9.17) is 5.73 Å². The SMILES string of the molecule is CC[C@@H](N)c1ccc(C)c(I)c1. The third kappa shape index (κ3) is 2.20. The Labute approximate surface area is 87.5 Å². The van der Waals surface area contributed by atoms with Gasteiger partial charge in [0.1, 0.15) is 0 Å². The molecule has 2 N–H and O–H groups in total. The van der Waals surface area contributed by atoms with Crippen LogP contribution in [0.2, 0.25) is 0 Å². The molecule has 0 amide bonds. The molecule has 12 heavy (non-hydrogen) atoms. The molecule has 1 nitrogen and oxygen atoms in total. The topological polar surface area (TPSA) is 26.0 Å². The molecule has 0 aliphatic rings. The number of benzene rings is 1. The van der Waals surface area contributed by atoms with Gasteiger partial charge in [-0.2, -0.15) is 0 Å². The maximum atomic E-state index is 5.91. The lowest BCUT2D eigenvalue weighted by molar-refractivity contribution is 0.698. The summed E-state index contributed by atoms with van der Waals surface area (Å²) in [5, 5.41) is 0. The monoisotopic (exact) mass is 275 g/mol. The molecule has 0 aliphatic heterocycles. The van der Waals surface area contributed by atoms with Crippen LogP contribution in [0.25, 0.3) is 0 Å². The second kappa shape index (κ2) is 4.23. The van der Waals surface area contributed by atoms with Crippen LogP contribution in [-0.2, 0) is 0 Å². The molecule has 2 heteroatoms. The lowest BCUT2D eigenvalue weighted by atomic mass is 10.0. The van der Waals surface area contributed by atoms with Gasteiger partial charge in [-0.15, -0.1) is 0 Å². The van der Waals surface area contributed by atoms with E-state index in [0.29, 0.717) is 0 Å². The third-order valence-electron chi connectivity index (χ3n) is 2.06. The Kier molecular flexibility index (Phi) is 3.53. The van der Waals surface area contributed by atoms with Crippen molar-refractivity contribution >= 4 is 22.6 Å². The van der Waals surface area contributed by atoms with E-state index in [-0.39, 0.29) is 6.04 Å². The van der Waals surface area contributed by atoms with Crippen LogP contribution in [0, 0.1) is 10.5 Å². The van der Waals surface area contributed by atoms with Gasteiger partial charge in [-0.1, -0.05) is 19.1 Å². The number of halogens is 1. The molecule has 0 aromatic heterocycles. The van der Waals surface area contributed by atoms with E-state index < -0.39 is 0 Å². The highest BCUT2D eigenvalue weighted by Crippen LogP contribution is 2.19. The molecule has 0 radical (unpaired) electrons. The van der Waals surface area contributed by atoms with Gasteiger partial charge in [0.15, 0.2) is 0 Å². The van der Waals surface area contributed by atoms with Crippen LogP contribution in [0.5, 0.6) is 0 Å². The summed E-state index contributed by atoms with van der Waals surface area (Å²) < 4.78 is 1.30. The summed E-state index contributed by atoms with van der Waals surface area (Å²) in [6, 6.07) is 6.61. The van der Waals surface area contributed by atoms with Crippen LogP contribution >= 0.6 is 22.6 Å².